The Morgan fingerprint density at radius 1 is 1.36 bits per heavy atom. The van der Waals surface area contributed by atoms with Crippen molar-refractivity contribution < 1.29 is 0 Å². The lowest BCUT2D eigenvalue weighted by molar-refractivity contribution is 0.674. The lowest BCUT2D eigenvalue weighted by Crippen LogP contribution is -2.13. The topological polar surface area (TPSA) is 24.9 Å². The summed E-state index contributed by atoms with van der Waals surface area (Å²) in [6.07, 6.45) is 2.95. The Balaban J connectivity index is 0. The molecule has 5 heteroatoms. The number of halogens is 3. The fraction of sp³-hybridized carbons (Fsp3) is 0.444. The van der Waals surface area contributed by atoms with Crippen molar-refractivity contribution >= 4 is 36.4 Å². The molecule has 0 aromatic carbocycles. The molecule has 82 valence electrons. The average Bonchev–Trinajstić information content (AvgIpc) is 2.09. The van der Waals surface area contributed by atoms with Gasteiger partial charge >= 0.3 is 0 Å². The molecule has 0 atom stereocenters. The van der Waals surface area contributed by atoms with E-state index in [2.05, 4.69) is 17.2 Å². The normalized spacial score (nSPS) is 8.71. The number of hydrogen-bond donors (Lipinski definition) is 1. The first-order valence-electron chi connectivity index (χ1n) is 4.14. The summed E-state index contributed by atoms with van der Waals surface area (Å²) in [6, 6.07) is 3.79. The van der Waals surface area contributed by atoms with E-state index < -0.39 is 0 Å². The standard InChI is InChI=1S/C9H13ClN2.2ClH/c1-2-5-11-6-8-3-4-9(10)12-7-8;;/h3-4,7,11H,2,5-6H2,1H3;2*1H. The predicted molar refractivity (Wildman–Crippen MR) is 65.7 cm³/mol. The fourth-order valence-corrected chi connectivity index (χ4v) is 1.03. The average molecular weight is 258 g/mol. The van der Waals surface area contributed by atoms with Crippen LogP contribution in [0.4, 0.5) is 0 Å². The molecule has 1 aromatic rings. The molecule has 1 heterocycles. The number of aromatic nitrogens is 1. The molecule has 0 saturated carbocycles. The molecule has 1 N–H and O–H groups in total. The van der Waals surface area contributed by atoms with Crippen LogP contribution in [0, 0.1) is 0 Å². The molecular formula is C9H15Cl3N2. The summed E-state index contributed by atoms with van der Waals surface area (Å²) in [5.41, 5.74) is 1.17. The molecule has 0 radical (unpaired) electrons. The van der Waals surface area contributed by atoms with Crippen LogP contribution in [-0.2, 0) is 6.54 Å². The van der Waals surface area contributed by atoms with E-state index >= 15 is 0 Å². The highest BCUT2D eigenvalue weighted by Gasteiger charge is 1.92. The summed E-state index contributed by atoms with van der Waals surface area (Å²) in [4.78, 5) is 3.98. The molecule has 0 aliphatic heterocycles. The third-order valence-electron chi connectivity index (χ3n) is 1.54. The highest BCUT2D eigenvalue weighted by Crippen LogP contribution is 2.04. The van der Waals surface area contributed by atoms with Crippen molar-refractivity contribution in [1.82, 2.24) is 10.3 Å². The maximum atomic E-state index is 5.64. The van der Waals surface area contributed by atoms with Crippen molar-refractivity contribution in [3.8, 4) is 0 Å². The first kappa shape index (κ1) is 16.4. The summed E-state index contributed by atoms with van der Waals surface area (Å²) < 4.78 is 0. The molecule has 0 aliphatic rings. The third-order valence-corrected chi connectivity index (χ3v) is 1.77. The van der Waals surface area contributed by atoms with E-state index in [1.54, 1.807) is 6.20 Å². The largest absolute Gasteiger partial charge is 0.313 e. The van der Waals surface area contributed by atoms with Crippen LogP contribution in [0.2, 0.25) is 5.15 Å². The molecular weight excluding hydrogens is 242 g/mol. The predicted octanol–water partition coefficient (Wildman–Crippen LogP) is 3.08. The van der Waals surface area contributed by atoms with E-state index in [0.29, 0.717) is 5.15 Å². The molecule has 1 rings (SSSR count). The van der Waals surface area contributed by atoms with Crippen LogP contribution < -0.4 is 5.32 Å². The fourth-order valence-electron chi connectivity index (χ4n) is 0.921. The zero-order chi connectivity index (χ0) is 8.81. The van der Waals surface area contributed by atoms with Gasteiger partial charge in [-0.2, -0.15) is 0 Å². The van der Waals surface area contributed by atoms with Crippen LogP contribution in [0.3, 0.4) is 0 Å². The third kappa shape index (κ3) is 6.44. The molecule has 0 fully saturated rings. The zero-order valence-electron chi connectivity index (χ0n) is 8.00. The zero-order valence-corrected chi connectivity index (χ0v) is 10.4. The minimum atomic E-state index is 0. The van der Waals surface area contributed by atoms with E-state index in [1.165, 1.54) is 5.56 Å². The number of nitrogens with zero attached hydrogens (tertiary/aromatic N) is 1. The lowest BCUT2D eigenvalue weighted by atomic mass is 10.3. The van der Waals surface area contributed by atoms with Gasteiger partial charge in [-0.05, 0) is 24.6 Å². The van der Waals surface area contributed by atoms with Crippen molar-refractivity contribution in [3.05, 3.63) is 29.0 Å². The van der Waals surface area contributed by atoms with Gasteiger partial charge in [-0.3, -0.25) is 0 Å². The highest BCUT2D eigenvalue weighted by atomic mass is 35.5. The van der Waals surface area contributed by atoms with Gasteiger partial charge in [0, 0.05) is 12.7 Å². The van der Waals surface area contributed by atoms with Crippen LogP contribution >= 0.6 is 36.4 Å². The van der Waals surface area contributed by atoms with Gasteiger partial charge in [-0.25, -0.2) is 4.98 Å². The van der Waals surface area contributed by atoms with Crippen molar-refractivity contribution in [2.45, 2.75) is 19.9 Å². The van der Waals surface area contributed by atoms with Gasteiger partial charge in [0.25, 0.3) is 0 Å². The van der Waals surface area contributed by atoms with Gasteiger partial charge < -0.3 is 5.32 Å². The molecule has 0 spiro atoms. The maximum absolute atomic E-state index is 5.64. The summed E-state index contributed by atoms with van der Waals surface area (Å²) in [7, 11) is 0. The van der Waals surface area contributed by atoms with Gasteiger partial charge in [0.15, 0.2) is 0 Å². The van der Waals surface area contributed by atoms with Crippen LogP contribution in [0.5, 0.6) is 0 Å². The van der Waals surface area contributed by atoms with E-state index in [-0.39, 0.29) is 24.8 Å². The van der Waals surface area contributed by atoms with Gasteiger partial charge in [-0.1, -0.05) is 24.6 Å². The van der Waals surface area contributed by atoms with Crippen molar-refractivity contribution in [3.63, 3.8) is 0 Å². The Bertz CT molecular complexity index is 226. The first-order chi connectivity index (χ1) is 5.83. The van der Waals surface area contributed by atoms with Gasteiger partial charge in [0.2, 0.25) is 0 Å². The molecule has 14 heavy (non-hydrogen) atoms. The number of nitrogens with one attached hydrogen (secondary N) is 1. The van der Waals surface area contributed by atoms with Crippen molar-refractivity contribution in [2.75, 3.05) is 6.54 Å². The van der Waals surface area contributed by atoms with Gasteiger partial charge in [-0.15, -0.1) is 24.8 Å². The van der Waals surface area contributed by atoms with Crippen LogP contribution in [0.1, 0.15) is 18.9 Å². The second-order valence-corrected chi connectivity index (χ2v) is 3.05. The quantitative estimate of drug-likeness (QED) is 0.662. The number of rotatable bonds is 4. The molecule has 2 nitrogen and oxygen atoms in total. The summed E-state index contributed by atoms with van der Waals surface area (Å²) in [5, 5.41) is 3.84. The second kappa shape index (κ2) is 9.53. The van der Waals surface area contributed by atoms with Crippen LogP contribution in [0.25, 0.3) is 0 Å². The van der Waals surface area contributed by atoms with E-state index in [0.717, 1.165) is 19.5 Å². The maximum Gasteiger partial charge on any atom is 0.129 e. The smallest absolute Gasteiger partial charge is 0.129 e. The Kier molecular flexibility index (Phi) is 11.2. The molecule has 0 unspecified atom stereocenters. The van der Waals surface area contributed by atoms with E-state index in [1.807, 2.05) is 12.1 Å². The van der Waals surface area contributed by atoms with Crippen LogP contribution in [0.15, 0.2) is 18.3 Å². The summed E-state index contributed by atoms with van der Waals surface area (Å²) >= 11 is 5.64. The molecule has 1 aromatic heterocycles. The van der Waals surface area contributed by atoms with Crippen molar-refractivity contribution in [2.24, 2.45) is 0 Å². The first-order valence-corrected chi connectivity index (χ1v) is 4.52. The highest BCUT2D eigenvalue weighted by molar-refractivity contribution is 6.29. The Hall–Kier alpha value is -0.0200. The lowest BCUT2D eigenvalue weighted by Gasteiger charge is -2.01. The summed E-state index contributed by atoms with van der Waals surface area (Å²) in [6.45, 7) is 4.06. The van der Waals surface area contributed by atoms with Crippen LogP contribution in [-0.4, -0.2) is 11.5 Å². The minimum Gasteiger partial charge on any atom is -0.313 e. The van der Waals surface area contributed by atoms with E-state index in [9.17, 15) is 0 Å². The molecule has 0 aliphatic carbocycles. The Morgan fingerprint density at radius 2 is 2.07 bits per heavy atom. The van der Waals surface area contributed by atoms with Crippen molar-refractivity contribution in [1.29, 1.82) is 0 Å². The Labute approximate surface area is 102 Å². The molecule has 0 amide bonds. The molecule has 0 bridgehead atoms. The van der Waals surface area contributed by atoms with Gasteiger partial charge in [0.05, 0.1) is 0 Å². The molecule has 0 saturated heterocycles. The SMILES string of the molecule is CCCNCc1ccc(Cl)nc1.Cl.Cl. The summed E-state index contributed by atoms with van der Waals surface area (Å²) in [5.74, 6) is 0. The van der Waals surface area contributed by atoms with E-state index in [4.69, 9.17) is 11.6 Å². The monoisotopic (exact) mass is 256 g/mol. The van der Waals surface area contributed by atoms with Gasteiger partial charge in [0.1, 0.15) is 5.15 Å². The number of pyridine rings is 1. The second-order valence-electron chi connectivity index (χ2n) is 2.67. The Morgan fingerprint density at radius 3 is 2.57 bits per heavy atom. The number of hydrogen-bond acceptors (Lipinski definition) is 2. The minimum absolute atomic E-state index is 0.